The Morgan fingerprint density at radius 1 is 0.786 bits per heavy atom. The fourth-order valence-electron chi connectivity index (χ4n) is 3.31. The molecule has 0 aromatic heterocycles. The van der Waals surface area contributed by atoms with Crippen molar-refractivity contribution in [2.45, 2.75) is 123 Å². The number of carboxylic acids is 1. The average Bonchev–Trinajstić information content (AvgIpc) is 2.64. The summed E-state index contributed by atoms with van der Waals surface area (Å²) in [6.45, 7) is 6.69. The number of nitrogens with one attached hydrogen (secondary N) is 2. The van der Waals surface area contributed by atoms with E-state index in [1.165, 1.54) is 70.6 Å². The van der Waals surface area contributed by atoms with Gasteiger partial charge in [0.1, 0.15) is 0 Å². The minimum Gasteiger partial charge on any atom is -0.480 e. The molecule has 0 bridgehead atoms. The third-order valence-corrected chi connectivity index (χ3v) is 5.30. The van der Waals surface area contributed by atoms with Crippen LogP contribution >= 0.6 is 0 Å². The Morgan fingerprint density at radius 2 is 1.25 bits per heavy atom. The van der Waals surface area contributed by atoms with Gasteiger partial charge in [0.2, 0.25) is 5.91 Å². The van der Waals surface area contributed by atoms with Crippen molar-refractivity contribution in [1.29, 1.82) is 0 Å². The highest BCUT2D eigenvalue weighted by Crippen LogP contribution is 2.13. The molecule has 0 aromatic carbocycles. The quantitative estimate of drug-likeness (QED) is 0.239. The summed E-state index contributed by atoms with van der Waals surface area (Å²) in [7, 11) is 0. The van der Waals surface area contributed by atoms with E-state index in [1.54, 1.807) is 0 Å². The van der Waals surface area contributed by atoms with Crippen molar-refractivity contribution in [2.75, 3.05) is 13.1 Å². The van der Waals surface area contributed by atoms with Gasteiger partial charge in [0, 0.05) is 18.5 Å². The van der Waals surface area contributed by atoms with Gasteiger partial charge < -0.3 is 15.7 Å². The van der Waals surface area contributed by atoms with E-state index in [0.717, 1.165) is 12.8 Å². The molecule has 0 aliphatic heterocycles. The molecule has 5 nitrogen and oxygen atoms in total. The van der Waals surface area contributed by atoms with Crippen LogP contribution in [0.5, 0.6) is 0 Å². The molecule has 0 spiro atoms. The maximum atomic E-state index is 11.9. The molecule has 0 saturated carbocycles. The van der Waals surface area contributed by atoms with E-state index < -0.39 is 5.97 Å². The molecule has 0 unspecified atom stereocenters. The SMILES string of the molecule is CCCCCCCCCCCCCCCC(=O)NCCC(C)(C)NCC(=O)O. The van der Waals surface area contributed by atoms with Crippen LogP contribution in [0.3, 0.4) is 0 Å². The van der Waals surface area contributed by atoms with Crippen LogP contribution in [-0.2, 0) is 9.59 Å². The van der Waals surface area contributed by atoms with Gasteiger partial charge in [-0.3, -0.25) is 9.59 Å². The van der Waals surface area contributed by atoms with Crippen LogP contribution in [0.25, 0.3) is 0 Å². The zero-order valence-electron chi connectivity index (χ0n) is 18.8. The molecule has 0 atom stereocenters. The van der Waals surface area contributed by atoms with E-state index in [0.29, 0.717) is 19.4 Å². The van der Waals surface area contributed by atoms with E-state index in [2.05, 4.69) is 17.6 Å². The third kappa shape index (κ3) is 19.7. The molecule has 166 valence electrons. The summed E-state index contributed by atoms with van der Waals surface area (Å²) in [5.41, 5.74) is -0.290. The number of aliphatic carboxylic acids is 1. The smallest absolute Gasteiger partial charge is 0.317 e. The minimum atomic E-state index is -0.862. The standard InChI is InChI=1S/C23H46N2O3/c1-4-5-6-7-8-9-10-11-12-13-14-15-16-17-21(26)24-19-18-23(2,3)25-20-22(27)28/h25H,4-20H2,1-3H3,(H,24,26)(H,27,28). The van der Waals surface area contributed by atoms with Gasteiger partial charge in [-0.1, -0.05) is 84.0 Å². The Kier molecular flexibility index (Phi) is 17.3. The van der Waals surface area contributed by atoms with Gasteiger partial charge in [0.05, 0.1) is 6.54 Å². The van der Waals surface area contributed by atoms with E-state index in [9.17, 15) is 9.59 Å². The molecular weight excluding hydrogens is 352 g/mol. The molecule has 0 aromatic rings. The van der Waals surface area contributed by atoms with E-state index in [4.69, 9.17) is 5.11 Å². The van der Waals surface area contributed by atoms with Crippen LogP contribution in [0.15, 0.2) is 0 Å². The first-order valence-electron chi connectivity index (χ1n) is 11.6. The van der Waals surface area contributed by atoms with Gasteiger partial charge in [0.15, 0.2) is 0 Å². The highest BCUT2D eigenvalue weighted by molar-refractivity contribution is 5.75. The molecule has 0 heterocycles. The predicted molar refractivity (Wildman–Crippen MR) is 118 cm³/mol. The van der Waals surface area contributed by atoms with Crippen LogP contribution in [0.4, 0.5) is 0 Å². The van der Waals surface area contributed by atoms with Gasteiger partial charge in [-0.15, -0.1) is 0 Å². The number of carbonyl (C=O) groups is 2. The zero-order valence-corrected chi connectivity index (χ0v) is 18.8. The van der Waals surface area contributed by atoms with Crippen LogP contribution < -0.4 is 10.6 Å². The summed E-state index contributed by atoms with van der Waals surface area (Å²) in [5.74, 6) is -0.753. The second-order valence-corrected chi connectivity index (χ2v) is 8.72. The van der Waals surface area contributed by atoms with Gasteiger partial charge >= 0.3 is 5.97 Å². The molecule has 0 fully saturated rings. The third-order valence-electron chi connectivity index (χ3n) is 5.30. The summed E-state index contributed by atoms with van der Waals surface area (Å²) in [6, 6.07) is 0. The Morgan fingerprint density at radius 3 is 1.71 bits per heavy atom. The molecule has 5 heteroatoms. The Hall–Kier alpha value is -1.10. The second-order valence-electron chi connectivity index (χ2n) is 8.72. The van der Waals surface area contributed by atoms with Crippen LogP contribution in [0.2, 0.25) is 0 Å². The minimum absolute atomic E-state index is 0.0556. The summed E-state index contributed by atoms with van der Waals surface area (Å²) in [6.07, 6.45) is 18.3. The van der Waals surface area contributed by atoms with Crippen molar-refractivity contribution in [3.05, 3.63) is 0 Å². The van der Waals surface area contributed by atoms with Crippen LogP contribution in [0.1, 0.15) is 117 Å². The molecule has 28 heavy (non-hydrogen) atoms. The summed E-state index contributed by atoms with van der Waals surface area (Å²) in [4.78, 5) is 22.5. The first-order chi connectivity index (χ1) is 13.4. The van der Waals surface area contributed by atoms with Crippen molar-refractivity contribution in [3.8, 4) is 0 Å². The number of hydrogen-bond donors (Lipinski definition) is 3. The topological polar surface area (TPSA) is 78.4 Å². The number of rotatable bonds is 20. The van der Waals surface area contributed by atoms with Gasteiger partial charge in [0.25, 0.3) is 0 Å². The van der Waals surface area contributed by atoms with Crippen LogP contribution in [0, 0.1) is 0 Å². The molecular formula is C23H46N2O3. The van der Waals surface area contributed by atoms with E-state index in [1.807, 2.05) is 13.8 Å². The lowest BCUT2D eigenvalue weighted by Crippen LogP contribution is -2.44. The summed E-state index contributed by atoms with van der Waals surface area (Å²) >= 11 is 0. The maximum Gasteiger partial charge on any atom is 0.317 e. The van der Waals surface area contributed by atoms with Gasteiger partial charge in [-0.2, -0.15) is 0 Å². The fourth-order valence-corrected chi connectivity index (χ4v) is 3.31. The summed E-state index contributed by atoms with van der Waals surface area (Å²) < 4.78 is 0. The molecule has 1 amide bonds. The van der Waals surface area contributed by atoms with E-state index in [-0.39, 0.29) is 18.0 Å². The molecule has 0 saturated heterocycles. The lowest BCUT2D eigenvalue weighted by Gasteiger charge is -2.25. The summed E-state index contributed by atoms with van der Waals surface area (Å²) in [5, 5.41) is 14.6. The Labute approximate surface area is 173 Å². The lowest BCUT2D eigenvalue weighted by molar-refractivity contribution is -0.136. The normalized spacial score (nSPS) is 11.5. The number of hydrogen-bond acceptors (Lipinski definition) is 3. The van der Waals surface area contributed by atoms with Crippen molar-refractivity contribution in [2.24, 2.45) is 0 Å². The monoisotopic (exact) mass is 398 g/mol. The Balaban J connectivity index is 3.38. The maximum absolute atomic E-state index is 11.9. The largest absolute Gasteiger partial charge is 0.480 e. The van der Waals surface area contributed by atoms with E-state index >= 15 is 0 Å². The molecule has 0 aliphatic rings. The molecule has 0 aliphatic carbocycles. The first-order valence-corrected chi connectivity index (χ1v) is 11.6. The van der Waals surface area contributed by atoms with Gasteiger partial charge in [-0.25, -0.2) is 0 Å². The first kappa shape index (κ1) is 26.9. The number of carbonyl (C=O) groups excluding carboxylic acids is 1. The van der Waals surface area contributed by atoms with Gasteiger partial charge in [-0.05, 0) is 26.7 Å². The highest BCUT2D eigenvalue weighted by Gasteiger charge is 2.17. The highest BCUT2D eigenvalue weighted by atomic mass is 16.4. The second kappa shape index (κ2) is 18.0. The lowest BCUT2D eigenvalue weighted by atomic mass is 10.0. The van der Waals surface area contributed by atoms with Crippen molar-refractivity contribution in [1.82, 2.24) is 10.6 Å². The number of carboxylic acid groups (broad SMARTS) is 1. The van der Waals surface area contributed by atoms with Crippen molar-refractivity contribution < 1.29 is 14.7 Å². The van der Waals surface area contributed by atoms with Crippen LogP contribution in [-0.4, -0.2) is 35.6 Å². The van der Waals surface area contributed by atoms with Crippen molar-refractivity contribution >= 4 is 11.9 Å². The predicted octanol–water partition coefficient (Wildman–Crippen LogP) is 5.43. The van der Waals surface area contributed by atoms with Crippen molar-refractivity contribution in [3.63, 3.8) is 0 Å². The zero-order chi connectivity index (χ0) is 21.1. The molecule has 3 N–H and O–H groups in total. The fraction of sp³-hybridized carbons (Fsp3) is 0.913. The Bertz CT molecular complexity index is 397. The number of unbranched alkanes of at least 4 members (excludes halogenated alkanes) is 12. The average molecular weight is 399 g/mol. The molecule has 0 radical (unpaired) electrons. The molecule has 0 rings (SSSR count). The number of amides is 1.